The van der Waals surface area contributed by atoms with E-state index in [1.807, 2.05) is 6.07 Å². The molecule has 0 fully saturated rings. The van der Waals surface area contributed by atoms with Gasteiger partial charge in [0, 0.05) is 17.8 Å². The number of hydrogen-bond acceptors (Lipinski definition) is 1. The molecule has 0 unspecified atom stereocenters. The molecule has 0 spiro atoms. The Kier molecular flexibility index (Phi) is 4.25. The molecular weight excluding hydrogens is 244 g/mol. The first kappa shape index (κ1) is 13.7. The molecule has 0 aliphatic carbocycles. The zero-order valence-corrected chi connectivity index (χ0v) is 11.2. The molecule has 0 amide bonds. The Bertz CT molecular complexity index is 579. The Hall–Kier alpha value is -1.77. The first-order valence-electron chi connectivity index (χ1n) is 6.59. The van der Waals surface area contributed by atoms with Crippen molar-refractivity contribution in [1.82, 2.24) is 4.98 Å². The Morgan fingerprint density at radius 3 is 2.47 bits per heavy atom. The third-order valence-electron chi connectivity index (χ3n) is 3.19. The molecule has 1 nitrogen and oxygen atoms in total. The molecule has 2 rings (SSSR count). The van der Waals surface area contributed by atoms with Gasteiger partial charge in [-0.2, -0.15) is 0 Å². The average molecular weight is 261 g/mol. The zero-order chi connectivity index (χ0) is 13.8. The van der Waals surface area contributed by atoms with Gasteiger partial charge in [-0.15, -0.1) is 0 Å². The first-order chi connectivity index (χ1) is 9.15. The summed E-state index contributed by atoms with van der Waals surface area (Å²) in [5.41, 5.74) is 3.30. The number of rotatable bonds is 4. The first-order valence-corrected chi connectivity index (χ1v) is 6.59. The molecule has 0 saturated carbocycles. The van der Waals surface area contributed by atoms with Gasteiger partial charge in [0.1, 0.15) is 11.6 Å². The van der Waals surface area contributed by atoms with E-state index < -0.39 is 11.6 Å². The van der Waals surface area contributed by atoms with E-state index in [9.17, 15) is 8.78 Å². The molecule has 0 aliphatic rings. The van der Waals surface area contributed by atoms with Crippen molar-refractivity contribution in [3.8, 4) is 11.3 Å². The Balaban J connectivity index is 2.47. The van der Waals surface area contributed by atoms with Gasteiger partial charge in [0.25, 0.3) is 0 Å². The van der Waals surface area contributed by atoms with Crippen molar-refractivity contribution in [2.75, 3.05) is 0 Å². The van der Waals surface area contributed by atoms with Crippen LogP contribution in [0, 0.1) is 11.6 Å². The van der Waals surface area contributed by atoms with Crippen LogP contribution >= 0.6 is 0 Å². The number of benzene rings is 1. The maximum Gasteiger partial charge on any atom is 0.135 e. The van der Waals surface area contributed by atoms with Gasteiger partial charge in [0.15, 0.2) is 0 Å². The van der Waals surface area contributed by atoms with E-state index >= 15 is 0 Å². The van der Waals surface area contributed by atoms with Crippen molar-refractivity contribution in [3.63, 3.8) is 0 Å². The second-order valence-electron chi connectivity index (χ2n) is 4.57. The minimum absolute atomic E-state index is 0.349. The third kappa shape index (κ3) is 2.98. The monoisotopic (exact) mass is 261 g/mol. The van der Waals surface area contributed by atoms with E-state index in [1.165, 1.54) is 23.3 Å². The Morgan fingerprint density at radius 2 is 1.84 bits per heavy atom. The third-order valence-corrected chi connectivity index (χ3v) is 3.19. The van der Waals surface area contributed by atoms with Gasteiger partial charge in [-0.3, -0.25) is 4.98 Å². The predicted molar refractivity (Wildman–Crippen MR) is 73.0 cm³/mol. The molecule has 2 aromatic rings. The van der Waals surface area contributed by atoms with E-state index in [4.69, 9.17) is 0 Å². The molecule has 1 aromatic carbocycles. The SMILES string of the molecule is CCCc1cc(-c2ccc(F)cc2F)ncc1CC. The van der Waals surface area contributed by atoms with Crippen molar-refractivity contribution in [3.05, 3.63) is 53.2 Å². The van der Waals surface area contributed by atoms with Crippen LogP contribution in [0.2, 0.25) is 0 Å². The van der Waals surface area contributed by atoms with Crippen molar-refractivity contribution < 1.29 is 8.78 Å². The van der Waals surface area contributed by atoms with Crippen molar-refractivity contribution in [1.29, 1.82) is 0 Å². The van der Waals surface area contributed by atoms with Crippen molar-refractivity contribution >= 4 is 0 Å². The fourth-order valence-corrected chi connectivity index (χ4v) is 2.19. The lowest BCUT2D eigenvalue weighted by atomic mass is 10.0. The summed E-state index contributed by atoms with van der Waals surface area (Å²) in [7, 11) is 0. The maximum atomic E-state index is 13.8. The molecular formula is C16H17F2N. The molecule has 1 aromatic heterocycles. The summed E-state index contributed by atoms with van der Waals surface area (Å²) < 4.78 is 26.7. The minimum Gasteiger partial charge on any atom is -0.256 e. The smallest absolute Gasteiger partial charge is 0.135 e. The van der Waals surface area contributed by atoms with E-state index in [0.717, 1.165) is 25.3 Å². The van der Waals surface area contributed by atoms with Gasteiger partial charge in [-0.1, -0.05) is 20.3 Å². The molecule has 0 saturated heterocycles. The number of hydrogen-bond donors (Lipinski definition) is 0. The largest absolute Gasteiger partial charge is 0.256 e. The quantitative estimate of drug-likeness (QED) is 0.787. The van der Waals surface area contributed by atoms with Gasteiger partial charge in [-0.25, -0.2) is 8.78 Å². The van der Waals surface area contributed by atoms with Crippen LogP contribution in [0.25, 0.3) is 11.3 Å². The fraction of sp³-hybridized carbons (Fsp3) is 0.312. The summed E-state index contributed by atoms with van der Waals surface area (Å²) in [4.78, 5) is 4.29. The summed E-state index contributed by atoms with van der Waals surface area (Å²) in [6, 6.07) is 5.50. The molecule has 100 valence electrons. The van der Waals surface area contributed by atoms with Gasteiger partial charge in [0.05, 0.1) is 5.69 Å². The average Bonchev–Trinajstić information content (AvgIpc) is 2.39. The summed E-state index contributed by atoms with van der Waals surface area (Å²) in [5, 5.41) is 0. The van der Waals surface area contributed by atoms with Gasteiger partial charge >= 0.3 is 0 Å². The highest BCUT2D eigenvalue weighted by Crippen LogP contribution is 2.24. The maximum absolute atomic E-state index is 13.8. The topological polar surface area (TPSA) is 12.9 Å². The highest BCUT2D eigenvalue weighted by molar-refractivity contribution is 5.61. The predicted octanol–water partition coefficient (Wildman–Crippen LogP) is 4.54. The van der Waals surface area contributed by atoms with Gasteiger partial charge < -0.3 is 0 Å². The molecule has 19 heavy (non-hydrogen) atoms. The van der Waals surface area contributed by atoms with Crippen LogP contribution in [-0.2, 0) is 12.8 Å². The van der Waals surface area contributed by atoms with Crippen LogP contribution in [0.4, 0.5) is 8.78 Å². The number of aryl methyl sites for hydroxylation is 2. The van der Waals surface area contributed by atoms with Gasteiger partial charge in [0.2, 0.25) is 0 Å². The second-order valence-corrected chi connectivity index (χ2v) is 4.57. The number of nitrogens with zero attached hydrogens (tertiary/aromatic N) is 1. The second kappa shape index (κ2) is 5.91. The normalized spacial score (nSPS) is 10.7. The van der Waals surface area contributed by atoms with Crippen LogP contribution in [0.5, 0.6) is 0 Å². The fourth-order valence-electron chi connectivity index (χ4n) is 2.19. The standard InChI is InChI=1S/C16H17F2N/c1-3-5-12-8-16(19-10-11(12)4-2)14-7-6-13(17)9-15(14)18/h6-10H,3-5H2,1-2H3. The highest BCUT2D eigenvalue weighted by Gasteiger charge is 2.10. The molecule has 0 bridgehead atoms. The van der Waals surface area contributed by atoms with E-state index in [-0.39, 0.29) is 0 Å². The number of aromatic nitrogens is 1. The van der Waals surface area contributed by atoms with E-state index in [0.29, 0.717) is 11.3 Å². The number of halogens is 2. The molecule has 3 heteroatoms. The summed E-state index contributed by atoms with van der Waals surface area (Å²) in [5.74, 6) is -1.14. The van der Waals surface area contributed by atoms with Crippen LogP contribution in [-0.4, -0.2) is 4.98 Å². The lowest BCUT2D eigenvalue weighted by molar-refractivity contribution is 0.585. The van der Waals surface area contributed by atoms with Crippen molar-refractivity contribution in [2.24, 2.45) is 0 Å². The minimum atomic E-state index is -0.570. The summed E-state index contributed by atoms with van der Waals surface area (Å²) in [6.45, 7) is 4.19. The van der Waals surface area contributed by atoms with Gasteiger partial charge in [-0.05, 0) is 42.2 Å². The van der Waals surface area contributed by atoms with E-state index in [1.54, 1.807) is 6.20 Å². The van der Waals surface area contributed by atoms with Crippen LogP contribution in [0.3, 0.4) is 0 Å². The molecule has 0 N–H and O–H groups in total. The van der Waals surface area contributed by atoms with Crippen LogP contribution < -0.4 is 0 Å². The Labute approximate surface area is 112 Å². The molecule has 0 radical (unpaired) electrons. The van der Waals surface area contributed by atoms with Crippen molar-refractivity contribution in [2.45, 2.75) is 33.1 Å². The molecule has 0 atom stereocenters. The molecule has 0 aliphatic heterocycles. The summed E-state index contributed by atoms with van der Waals surface area (Å²) >= 11 is 0. The Morgan fingerprint density at radius 1 is 1.05 bits per heavy atom. The zero-order valence-electron chi connectivity index (χ0n) is 11.2. The lowest BCUT2D eigenvalue weighted by Crippen LogP contribution is -1.97. The molecule has 1 heterocycles. The highest BCUT2D eigenvalue weighted by atomic mass is 19.1. The van der Waals surface area contributed by atoms with E-state index in [2.05, 4.69) is 18.8 Å². The van der Waals surface area contributed by atoms with Crippen LogP contribution in [0.1, 0.15) is 31.4 Å². The number of pyridine rings is 1. The van der Waals surface area contributed by atoms with Crippen LogP contribution in [0.15, 0.2) is 30.5 Å². The summed E-state index contributed by atoms with van der Waals surface area (Å²) in [6.07, 6.45) is 4.68. The lowest BCUT2D eigenvalue weighted by Gasteiger charge is -2.10.